The minimum atomic E-state index is 0.399. The van der Waals surface area contributed by atoms with Crippen LogP contribution < -0.4 is 0 Å². The van der Waals surface area contributed by atoms with Gasteiger partial charge in [-0.05, 0) is 90.8 Å². The van der Waals surface area contributed by atoms with Gasteiger partial charge in [-0.3, -0.25) is 4.79 Å². The Balaban J connectivity index is 1.50. The van der Waals surface area contributed by atoms with Crippen LogP contribution in [0.4, 0.5) is 0 Å². The molecule has 1 nitrogen and oxygen atoms in total. The zero-order chi connectivity index (χ0) is 21.0. The van der Waals surface area contributed by atoms with Gasteiger partial charge in [0.2, 0.25) is 0 Å². The summed E-state index contributed by atoms with van der Waals surface area (Å²) in [6, 6.07) is 0. The number of allylic oxidation sites excluding steroid dienone is 2. The smallest absolute Gasteiger partial charge is 0.133 e. The highest BCUT2D eigenvalue weighted by Crippen LogP contribution is 2.66. The summed E-state index contributed by atoms with van der Waals surface area (Å²) in [4.78, 5) is 12.1. The molecule has 0 aliphatic heterocycles. The third-order valence-electron chi connectivity index (χ3n) is 10.9. The lowest BCUT2D eigenvalue weighted by atomic mass is 9.47. The minimum absolute atomic E-state index is 0.399. The maximum atomic E-state index is 12.1. The Labute approximate surface area is 180 Å². The van der Waals surface area contributed by atoms with E-state index in [1.807, 2.05) is 5.57 Å². The summed E-state index contributed by atoms with van der Waals surface area (Å²) < 4.78 is 0. The average Bonchev–Trinajstić information content (AvgIpc) is 3.03. The first kappa shape index (κ1) is 21.6. The lowest BCUT2D eigenvalue weighted by Crippen LogP contribution is -2.49. The van der Waals surface area contributed by atoms with E-state index in [-0.39, 0.29) is 0 Å². The molecule has 164 valence electrons. The lowest BCUT2D eigenvalue weighted by molar-refractivity contribution is -0.127. The van der Waals surface area contributed by atoms with Gasteiger partial charge in [-0.25, -0.2) is 0 Å². The van der Waals surface area contributed by atoms with Crippen molar-refractivity contribution in [3.8, 4) is 0 Å². The van der Waals surface area contributed by atoms with Crippen LogP contribution in [0.2, 0.25) is 0 Å². The van der Waals surface area contributed by atoms with Gasteiger partial charge in [-0.15, -0.1) is 0 Å². The van der Waals surface area contributed by atoms with Crippen molar-refractivity contribution in [2.24, 2.45) is 52.3 Å². The molecule has 0 radical (unpaired) electrons. The van der Waals surface area contributed by atoms with Crippen molar-refractivity contribution in [3.63, 3.8) is 0 Å². The summed E-state index contributed by atoms with van der Waals surface area (Å²) in [5.41, 5.74) is 2.77. The molecule has 4 aliphatic rings. The van der Waals surface area contributed by atoms with Crippen LogP contribution in [0, 0.1) is 52.3 Å². The predicted octanol–water partition coefficient (Wildman–Crippen LogP) is 7.84. The Morgan fingerprint density at radius 2 is 1.69 bits per heavy atom. The van der Waals surface area contributed by atoms with Gasteiger partial charge in [-0.1, -0.05) is 66.0 Å². The maximum Gasteiger partial charge on any atom is 0.133 e. The summed E-state index contributed by atoms with van der Waals surface area (Å²) in [5.74, 6) is 6.17. The SMILES string of the molecule is CC(C)[C@@H](C)CC[C@@H](C)[C@@H]1CC[C@@H]2C3=CC[C@H]4CC(=O)CC[C@]4(C)[C@H]3CC[C@]21C. The summed E-state index contributed by atoms with van der Waals surface area (Å²) in [6.45, 7) is 15.0. The summed E-state index contributed by atoms with van der Waals surface area (Å²) >= 11 is 0. The first-order chi connectivity index (χ1) is 13.7. The van der Waals surface area contributed by atoms with E-state index in [1.165, 1.54) is 44.9 Å². The van der Waals surface area contributed by atoms with Gasteiger partial charge in [0.15, 0.2) is 0 Å². The largest absolute Gasteiger partial charge is 0.300 e. The molecule has 0 saturated heterocycles. The van der Waals surface area contributed by atoms with Crippen LogP contribution in [0.1, 0.15) is 106 Å². The fourth-order valence-corrected chi connectivity index (χ4v) is 8.34. The number of hydrogen-bond donors (Lipinski definition) is 0. The molecule has 29 heavy (non-hydrogen) atoms. The molecule has 0 N–H and O–H groups in total. The van der Waals surface area contributed by atoms with Crippen LogP contribution in [-0.2, 0) is 4.79 Å². The Hall–Kier alpha value is -0.590. The standard InChI is InChI=1S/C28H46O/c1-18(2)19(3)7-8-20(4)24-11-12-25-23-10-9-21-17-22(29)13-15-27(21,5)26(23)14-16-28(24,25)6/h10,18-21,24-26H,7-9,11-17H2,1-6H3/t19-,20+,21-,24-,25+,26-,27-,28-/m0/s1. The highest BCUT2D eigenvalue weighted by molar-refractivity contribution is 5.79. The molecule has 8 atom stereocenters. The van der Waals surface area contributed by atoms with Gasteiger partial charge in [0.1, 0.15) is 5.78 Å². The van der Waals surface area contributed by atoms with E-state index in [0.717, 1.165) is 54.8 Å². The van der Waals surface area contributed by atoms with Gasteiger partial charge in [0.05, 0.1) is 0 Å². The molecule has 0 aromatic rings. The van der Waals surface area contributed by atoms with Gasteiger partial charge in [0, 0.05) is 12.8 Å². The van der Waals surface area contributed by atoms with Crippen molar-refractivity contribution in [1.82, 2.24) is 0 Å². The van der Waals surface area contributed by atoms with E-state index in [0.29, 0.717) is 22.5 Å². The normalized spacial score (nSPS) is 44.0. The van der Waals surface area contributed by atoms with Crippen LogP contribution in [0.5, 0.6) is 0 Å². The molecule has 4 aliphatic carbocycles. The monoisotopic (exact) mass is 398 g/mol. The quantitative estimate of drug-likeness (QED) is 0.431. The maximum absolute atomic E-state index is 12.1. The topological polar surface area (TPSA) is 17.1 Å². The molecular weight excluding hydrogens is 352 g/mol. The van der Waals surface area contributed by atoms with Gasteiger partial charge >= 0.3 is 0 Å². The number of fused-ring (bicyclic) bond motifs is 5. The number of carbonyl (C=O) groups excluding carboxylic acids is 1. The Bertz CT molecular complexity index is 659. The zero-order valence-electron chi connectivity index (χ0n) is 20.1. The summed E-state index contributed by atoms with van der Waals surface area (Å²) in [7, 11) is 0. The lowest BCUT2D eigenvalue weighted by Gasteiger charge is -2.57. The van der Waals surface area contributed by atoms with Crippen molar-refractivity contribution in [2.75, 3.05) is 0 Å². The van der Waals surface area contributed by atoms with Gasteiger partial charge < -0.3 is 0 Å². The highest BCUT2D eigenvalue weighted by atomic mass is 16.1. The van der Waals surface area contributed by atoms with Gasteiger partial charge in [0.25, 0.3) is 0 Å². The van der Waals surface area contributed by atoms with Crippen LogP contribution in [0.15, 0.2) is 11.6 Å². The first-order valence-electron chi connectivity index (χ1n) is 12.9. The van der Waals surface area contributed by atoms with Crippen molar-refractivity contribution in [2.45, 2.75) is 106 Å². The molecule has 0 heterocycles. The van der Waals surface area contributed by atoms with Crippen molar-refractivity contribution in [1.29, 1.82) is 0 Å². The van der Waals surface area contributed by atoms with E-state index in [4.69, 9.17) is 0 Å². The summed E-state index contributed by atoms with van der Waals surface area (Å²) in [6.07, 6.45) is 15.1. The fraction of sp³-hybridized carbons (Fsp3) is 0.893. The first-order valence-corrected chi connectivity index (χ1v) is 12.9. The van der Waals surface area contributed by atoms with Gasteiger partial charge in [-0.2, -0.15) is 0 Å². The fourth-order valence-electron chi connectivity index (χ4n) is 8.34. The van der Waals surface area contributed by atoms with Crippen LogP contribution in [-0.4, -0.2) is 5.78 Å². The molecular formula is C28H46O. The molecule has 0 bridgehead atoms. The third-order valence-corrected chi connectivity index (χ3v) is 10.9. The van der Waals surface area contributed by atoms with E-state index in [9.17, 15) is 4.79 Å². The number of rotatable bonds is 5. The third kappa shape index (κ3) is 3.57. The zero-order valence-corrected chi connectivity index (χ0v) is 20.1. The van der Waals surface area contributed by atoms with E-state index in [1.54, 1.807) is 0 Å². The number of carbonyl (C=O) groups is 1. The van der Waals surface area contributed by atoms with E-state index < -0.39 is 0 Å². The van der Waals surface area contributed by atoms with Crippen LogP contribution in [0.3, 0.4) is 0 Å². The number of hydrogen-bond acceptors (Lipinski definition) is 1. The number of ketones is 1. The molecule has 0 aromatic heterocycles. The minimum Gasteiger partial charge on any atom is -0.300 e. The van der Waals surface area contributed by atoms with Crippen molar-refractivity contribution >= 4 is 5.78 Å². The Morgan fingerprint density at radius 3 is 2.41 bits per heavy atom. The van der Waals surface area contributed by atoms with Crippen LogP contribution >= 0.6 is 0 Å². The van der Waals surface area contributed by atoms with E-state index in [2.05, 4.69) is 47.6 Å². The molecule has 1 heteroatoms. The second-order valence-electron chi connectivity index (χ2n) is 12.5. The average molecular weight is 399 g/mol. The molecule has 3 saturated carbocycles. The molecule has 0 aromatic carbocycles. The second kappa shape index (κ2) is 7.83. The van der Waals surface area contributed by atoms with Crippen molar-refractivity contribution < 1.29 is 4.79 Å². The molecule has 0 unspecified atom stereocenters. The van der Waals surface area contributed by atoms with E-state index >= 15 is 0 Å². The Kier molecular flexibility index (Phi) is 5.84. The predicted molar refractivity (Wildman–Crippen MR) is 123 cm³/mol. The molecule has 3 fully saturated rings. The number of Topliss-reactive ketones (excluding diaryl/α,β-unsaturated/α-hetero) is 1. The molecule has 4 rings (SSSR count). The highest BCUT2D eigenvalue weighted by Gasteiger charge is 2.58. The van der Waals surface area contributed by atoms with Crippen LogP contribution in [0.25, 0.3) is 0 Å². The molecule has 0 amide bonds. The Morgan fingerprint density at radius 1 is 0.966 bits per heavy atom. The van der Waals surface area contributed by atoms with Crippen molar-refractivity contribution in [3.05, 3.63) is 11.6 Å². The summed E-state index contributed by atoms with van der Waals surface area (Å²) in [5, 5.41) is 0. The molecule has 0 spiro atoms. The second-order valence-corrected chi connectivity index (χ2v) is 12.5.